The average Bonchev–Trinajstić information content (AvgIpc) is 2.90. The van der Waals surface area contributed by atoms with E-state index < -0.39 is 37.0 Å². The van der Waals surface area contributed by atoms with Crippen molar-refractivity contribution in [3.05, 3.63) is 108 Å². The van der Waals surface area contributed by atoms with Crippen LogP contribution in [0.1, 0.15) is 25.0 Å². The second-order valence-electron chi connectivity index (χ2n) is 8.41. The lowest BCUT2D eigenvalue weighted by Crippen LogP contribution is -2.57. The smallest absolute Gasteiger partial charge is 0.303 e. The summed E-state index contributed by atoms with van der Waals surface area (Å²) in [6, 6.07) is 29.3. The molecule has 6 nitrogen and oxygen atoms in total. The van der Waals surface area contributed by atoms with Crippen LogP contribution in [0.4, 0.5) is 0 Å². The Kier molecular flexibility index (Phi) is 8.91. The number of hydrogen-bond donors (Lipinski definition) is 0. The van der Waals surface area contributed by atoms with Crippen LogP contribution in [0.2, 0.25) is 0 Å². The number of rotatable bonds is 11. The summed E-state index contributed by atoms with van der Waals surface area (Å²) >= 11 is 0. The molecule has 0 spiro atoms. The molecule has 1 saturated heterocycles. The van der Waals surface area contributed by atoms with Gasteiger partial charge in [-0.05, 0) is 16.7 Å². The van der Waals surface area contributed by atoms with E-state index in [0.29, 0.717) is 13.2 Å². The van der Waals surface area contributed by atoms with E-state index in [-0.39, 0.29) is 13.2 Å². The van der Waals surface area contributed by atoms with Crippen LogP contribution in [-0.2, 0) is 48.3 Å². The van der Waals surface area contributed by atoms with Gasteiger partial charge in [0, 0.05) is 6.92 Å². The largest absolute Gasteiger partial charge is 0.457 e. The number of carbonyl (C=O) groups excluding carboxylic acids is 1. The van der Waals surface area contributed by atoms with Crippen molar-refractivity contribution in [2.24, 2.45) is 0 Å². The van der Waals surface area contributed by atoms with Crippen LogP contribution in [0.3, 0.4) is 0 Å². The number of benzene rings is 3. The Hall–Kier alpha value is -3.03. The summed E-state index contributed by atoms with van der Waals surface area (Å²) in [4.78, 5) is 11.9. The number of carbonyl (C=O) groups is 1. The highest BCUT2D eigenvalue weighted by molar-refractivity contribution is 5.66. The van der Waals surface area contributed by atoms with Gasteiger partial charge in [0.05, 0.1) is 34.4 Å². The van der Waals surface area contributed by atoms with Crippen molar-refractivity contribution in [2.45, 2.75) is 51.2 Å². The van der Waals surface area contributed by atoms with Gasteiger partial charge in [0.15, 0.2) is 6.10 Å². The van der Waals surface area contributed by atoms with Gasteiger partial charge in [-0.15, -0.1) is 0 Å². The number of ether oxygens (including phenoxy) is 5. The molecule has 0 bridgehead atoms. The zero-order valence-corrected chi connectivity index (χ0v) is 19.8. The van der Waals surface area contributed by atoms with Crippen molar-refractivity contribution >= 4 is 5.97 Å². The molecule has 0 radical (unpaired) electrons. The first-order valence-electron chi connectivity index (χ1n) is 12.4. The number of hydrogen-bond acceptors (Lipinski definition) is 6. The van der Waals surface area contributed by atoms with Crippen molar-refractivity contribution in [2.75, 3.05) is 13.2 Å². The highest BCUT2D eigenvalue weighted by Crippen LogP contribution is 2.26. The van der Waals surface area contributed by atoms with Gasteiger partial charge in [-0.3, -0.25) is 4.79 Å². The molecule has 5 atom stereocenters. The topological polar surface area (TPSA) is 63.2 Å². The van der Waals surface area contributed by atoms with E-state index in [1.807, 2.05) is 91.0 Å². The lowest BCUT2D eigenvalue weighted by atomic mass is 9.99. The maximum Gasteiger partial charge on any atom is 0.303 e. The Morgan fingerprint density at radius 1 is 0.800 bits per heavy atom. The summed E-state index contributed by atoms with van der Waals surface area (Å²) < 4.78 is 38.7. The normalized spacial score (nSPS) is 24.5. The van der Waals surface area contributed by atoms with Gasteiger partial charge in [-0.2, -0.15) is 0 Å². The van der Waals surface area contributed by atoms with Crippen molar-refractivity contribution in [3.63, 3.8) is 0 Å². The van der Waals surface area contributed by atoms with Gasteiger partial charge in [-0.25, -0.2) is 0 Å². The maximum absolute atomic E-state index is 11.9. The Balaban J connectivity index is 1.53. The number of esters is 1. The van der Waals surface area contributed by atoms with Crippen LogP contribution < -0.4 is 0 Å². The molecule has 35 heavy (non-hydrogen) atoms. The lowest BCUT2D eigenvalue weighted by Gasteiger charge is -2.41. The van der Waals surface area contributed by atoms with E-state index in [1.54, 1.807) is 0 Å². The molecule has 0 unspecified atom stereocenters. The molecule has 1 aliphatic heterocycles. The van der Waals surface area contributed by atoms with Crippen LogP contribution in [-0.4, -0.2) is 43.6 Å². The Morgan fingerprint density at radius 2 is 1.29 bits per heavy atom. The minimum atomic E-state index is -1.14. The summed E-state index contributed by atoms with van der Waals surface area (Å²) in [5.74, 6) is -0.505. The van der Waals surface area contributed by atoms with Crippen LogP contribution in [0.15, 0.2) is 91.0 Å². The SMILES string of the molecule is [2H][C@@H]1O[C@H](COCc2ccccc2)[C@H](OCc2ccccc2)[C@@H](OCc2ccccc2)[C@H]1OC(C)=O. The Labute approximate surface area is 208 Å². The fraction of sp³-hybridized carbons (Fsp3) is 0.345. The zero-order chi connectivity index (χ0) is 25.2. The van der Waals surface area contributed by atoms with Crippen LogP contribution in [0, 0.1) is 0 Å². The lowest BCUT2D eigenvalue weighted by molar-refractivity contribution is -0.241. The third-order valence-electron chi connectivity index (χ3n) is 5.67. The van der Waals surface area contributed by atoms with Crippen LogP contribution in [0.5, 0.6) is 0 Å². The molecule has 1 aliphatic rings. The minimum absolute atomic E-state index is 0.196. The molecule has 3 aromatic carbocycles. The van der Waals surface area contributed by atoms with Gasteiger partial charge < -0.3 is 23.7 Å². The highest BCUT2D eigenvalue weighted by atomic mass is 16.6. The Bertz CT molecular complexity index is 1050. The third-order valence-corrected chi connectivity index (χ3v) is 5.67. The van der Waals surface area contributed by atoms with E-state index in [2.05, 4.69) is 0 Å². The summed E-state index contributed by atoms with van der Waals surface area (Å²) in [6.45, 7) is 1.36. The average molecular weight is 478 g/mol. The van der Waals surface area contributed by atoms with E-state index in [9.17, 15) is 4.79 Å². The summed E-state index contributed by atoms with van der Waals surface area (Å²) in [5, 5.41) is 0. The molecule has 0 aromatic heterocycles. The molecule has 0 N–H and O–H groups in total. The van der Waals surface area contributed by atoms with Gasteiger partial charge in [0.25, 0.3) is 0 Å². The standard InChI is InChI=1S/C29H32O6/c1-22(30)35-27-21-32-26(20-31-17-23-11-5-2-6-12-23)28(33-18-24-13-7-3-8-14-24)29(27)34-19-25-15-9-4-10-16-25/h2-16,26-29H,17-21H2,1H3/t26-,27+,28+,29+/m1/s1/i21D/t21-,26+,27-,28-,29-/m0. The van der Waals surface area contributed by atoms with Crippen molar-refractivity contribution in [1.29, 1.82) is 0 Å². The first kappa shape index (κ1) is 23.7. The molecular weight excluding hydrogens is 444 g/mol. The molecule has 0 saturated carbocycles. The zero-order valence-electron chi connectivity index (χ0n) is 20.8. The van der Waals surface area contributed by atoms with Gasteiger partial charge in [-0.1, -0.05) is 91.0 Å². The molecule has 184 valence electrons. The fourth-order valence-corrected chi connectivity index (χ4v) is 3.94. The fourth-order valence-electron chi connectivity index (χ4n) is 3.94. The van der Waals surface area contributed by atoms with Gasteiger partial charge in [0.1, 0.15) is 18.3 Å². The summed E-state index contributed by atoms with van der Waals surface area (Å²) in [5.41, 5.74) is 2.98. The molecule has 0 aliphatic carbocycles. The first-order chi connectivity index (χ1) is 17.6. The maximum atomic E-state index is 11.9. The summed E-state index contributed by atoms with van der Waals surface area (Å²) in [7, 11) is 0. The van der Waals surface area contributed by atoms with E-state index in [4.69, 9.17) is 25.1 Å². The van der Waals surface area contributed by atoms with Crippen LogP contribution >= 0.6 is 0 Å². The predicted molar refractivity (Wildman–Crippen MR) is 131 cm³/mol. The summed E-state index contributed by atoms with van der Waals surface area (Å²) in [6.07, 6.45) is -2.89. The van der Waals surface area contributed by atoms with Crippen molar-refractivity contribution in [3.8, 4) is 0 Å². The van der Waals surface area contributed by atoms with E-state index in [1.165, 1.54) is 6.92 Å². The second-order valence-corrected chi connectivity index (χ2v) is 8.41. The molecule has 3 aromatic rings. The minimum Gasteiger partial charge on any atom is -0.457 e. The molecular formula is C29H32O6. The molecule has 6 heteroatoms. The second kappa shape index (κ2) is 13.2. The van der Waals surface area contributed by atoms with Crippen LogP contribution in [0.25, 0.3) is 0 Å². The molecule has 4 rings (SSSR count). The third kappa shape index (κ3) is 7.73. The van der Waals surface area contributed by atoms with Gasteiger partial charge >= 0.3 is 5.97 Å². The monoisotopic (exact) mass is 477 g/mol. The van der Waals surface area contributed by atoms with Crippen molar-refractivity contribution < 1.29 is 29.8 Å². The van der Waals surface area contributed by atoms with E-state index >= 15 is 0 Å². The highest BCUT2D eigenvalue weighted by Gasteiger charge is 2.44. The quantitative estimate of drug-likeness (QED) is 0.373. The van der Waals surface area contributed by atoms with E-state index in [0.717, 1.165) is 16.7 Å². The first-order valence-corrected chi connectivity index (χ1v) is 11.8. The predicted octanol–water partition coefficient (Wildman–Crippen LogP) is 4.70. The molecule has 1 fully saturated rings. The molecule has 0 amide bonds. The van der Waals surface area contributed by atoms with Crippen molar-refractivity contribution in [1.82, 2.24) is 0 Å². The Morgan fingerprint density at radius 3 is 1.80 bits per heavy atom. The molecule has 1 heterocycles. The van der Waals surface area contributed by atoms with Gasteiger partial charge in [0.2, 0.25) is 0 Å².